The fourth-order valence-corrected chi connectivity index (χ4v) is 7.45. The van der Waals surface area contributed by atoms with Crippen LogP contribution in [0.1, 0.15) is 258 Å². The Morgan fingerprint density at radius 2 is 0.609 bits per heavy atom. The van der Waals surface area contributed by atoms with Gasteiger partial charge in [0, 0.05) is 19.3 Å². The van der Waals surface area contributed by atoms with Gasteiger partial charge < -0.3 is 14.2 Å². The number of hydrogen-bond donors (Lipinski definition) is 0. The molecule has 64 heavy (non-hydrogen) atoms. The van der Waals surface area contributed by atoms with Gasteiger partial charge in [0.1, 0.15) is 13.2 Å². The Morgan fingerprint density at radius 3 is 0.953 bits per heavy atom. The minimum absolute atomic E-state index is 0.0771. The molecular formula is C58H100O6. The summed E-state index contributed by atoms with van der Waals surface area (Å²) in [6, 6.07) is 0. The summed E-state index contributed by atoms with van der Waals surface area (Å²) < 4.78 is 16.8. The minimum atomic E-state index is -0.776. The summed E-state index contributed by atoms with van der Waals surface area (Å²) in [6.45, 7) is 6.49. The van der Waals surface area contributed by atoms with E-state index >= 15 is 0 Å². The molecule has 0 bridgehead atoms. The Bertz CT molecular complexity index is 1210. The summed E-state index contributed by atoms with van der Waals surface area (Å²) in [7, 11) is 0. The zero-order valence-corrected chi connectivity index (χ0v) is 42.0. The van der Waals surface area contributed by atoms with Crippen LogP contribution in [0.3, 0.4) is 0 Å². The quantitative estimate of drug-likeness (QED) is 0.0262. The van der Waals surface area contributed by atoms with Crippen LogP contribution in [0.4, 0.5) is 0 Å². The lowest BCUT2D eigenvalue weighted by Crippen LogP contribution is -2.30. The number of carbonyl (C=O) groups excluding carboxylic acids is 3. The maximum absolute atomic E-state index is 12.8. The molecule has 0 radical (unpaired) electrons. The van der Waals surface area contributed by atoms with Crippen molar-refractivity contribution in [2.24, 2.45) is 0 Å². The van der Waals surface area contributed by atoms with Gasteiger partial charge in [0.25, 0.3) is 0 Å². The molecule has 6 nitrogen and oxygen atoms in total. The van der Waals surface area contributed by atoms with Crippen molar-refractivity contribution in [1.29, 1.82) is 0 Å². The molecule has 0 aliphatic rings. The molecule has 6 heteroatoms. The second-order valence-corrected chi connectivity index (χ2v) is 17.8. The fourth-order valence-electron chi connectivity index (χ4n) is 7.45. The van der Waals surface area contributed by atoms with Crippen LogP contribution in [0.5, 0.6) is 0 Å². The summed E-state index contributed by atoms with van der Waals surface area (Å²) in [5, 5.41) is 0. The molecule has 0 aliphatic heterocycles. The molecule has 0 N–H and O–H groups in total. The van der Waals surface area contributed by atoms with Crippen LogP contribution < -0.4 is 0 Å². The standard InChI is InChI=1S/C58H100O6/c1-4-7-10-13-16-19-21-23-24-25-26-27-28-29-30-31-32-33-34-35-37-39-42-45-48-51-57(60)63-54-55(53-62-56(59)50-47-44-41-38-18-15-12-9-6-3)64-58(61)52-49-46-43-40-36-22-20-17-14-11-8-5-2/h7,10,16,19,23-24,26-27,29-30,32-33,55H,4-6,8-9,11-15,17-18,20-22,25,28,31,34-54H2,1-3H3/b10-7-,19-16-,24-23-,27-26-,30-29-,33-32-. The van der Waals surface area contributed by atoms with Crippen LogP contribution in [-0.4, -0.2) is 37.2 Å². The van der Waals surface area contributed by atoms with E-state index in [0.717, 1.165) is 103 Å². The van der Waals surface area contributed by atoms with Crippen LogP contribution in [0, 0.1) is 0 Å². The van der Waals surface area contributed by atoms with Crippen LogP contribution in [0.25, 0.3) is 0 Å². The zero-order chi connectivity index (χ0) is 46.5. The van der Waals surface area contributed by atoms with Crippen LogP contribution in [-0.2, 0) is 28.6 Å². The number of ether oxygens (including phenoxy) is 3. The number of rotatable bonds is 48. The van der Waals surface area contributed by atoms with E-state index < -0.39 is 6.10 Å². The van der Waals surface area contributed by atoms with Gasteiger partial charge in [0.15, 0.2) is 6.10 Å². The second-order valence-electron chi connectivity index (χ2n) is 17.8. The second kappa shape index (κ2) is 52.5. The maximum atomic E-state index is 12.8. The Kier molecular flexibility index (Phi) is 49.9. The summed E-state index contributed by atoms with van der Waals surface area (Å²) in [4.78, 5) is 37.9. The lowest BCUT2D eigenvalue weighted by atomic mass is 10.0. The molecule has 0 saturated heterocycles. The van der Waals surface area contributed by atoms with Gasteiger partial charge in [0.2, 0.25) is 0 Å². The number of allylic oxidation sites excluding steroid dienone is 12. The molecule has 0 aliphatic carbocycles. The van der Waals surface area contributed by atoms with E-state index in [1.165, 1.54) is 116 Å². The summed E-state index contributed by atoms with van der Waals surface area (Å²) in [5.41, 5.74) is 0. The normalized spacial score (nSPS) is 12.6. The molecule has 0 saturated carbocycles. The first kappa shape index (κ1) is 60.9. The van der Waals surface area contributed by atoms with Gasteiger partial charge in [-0.1, -0.05) is 241 Å². The van der Waals surface area contributed by atoms with Crippen molar-refractivity contribution in [2.45, 2.75) is 264 Å². The monoisotopic (exact) mass is 893 g/mol. The van der Waals surface area contributed by atoms with Crippen molar-refractivity contribution in [3.05, 3.63) is 72.9 Å². The third-order valence-corrected chi connectivity index (χ3v) is 11.5. The van der Waals surface area contributed by atoms with E-state index in [1.807, 2.05) is 0 Å². The Labute approximate surface area is 395 Å². The van der Waals surface area contributed by atoms with E-state index in [-0.39, 0.29) is 31.1 Å². The predicted octanol–water partition coefficient (Wildman–Crippen LogP) is 17.8. The van der Waals surface area contributed by atoms with Crippen molar-refractivity contribution in [3.8, 4) is 0 Å². The van der Waals surface area contributed by atoms with Crippen molar-refractivity contribution >= 4 is 17.9 Å². The van der Waals surface area contributed by atoms with Crippen LogP contribution >= 0.6 is 0 Å². The van der Waals surface area contributed by atoms with E-state index in [2.05, 4.69) is 93.7 Å². The summed E-state index contributed by atoms with van der Waals surface area (Å²) in [5.74, 6) is -0.891. The lowest BCUT2D eigenvalue weighted by molar-refractivity contribution is -0.167. The van der Waals surface area contributed by atoms with E-state index in [1.54, 1.807) is 0 Å². The van der Waals surface area contributed by atoms with Gasteiger partial charge in [-0.2, -0.15) is 0 Å². The molecule has 0 aromatic heterocycles. The highest BCUT2D eigenvalue weighted by atomic mass is 16.6. The van der Waals surface area contributed by atoms with Gasteiger partial charge in [0.05, 0.1) is 0 Å². The zero-order valence-electron chi connectivity index (χ0n) is 42.0. The highest BCUT2D eigenvalue weighted by Crippen LogP contribution is 2.15. The van der Waals surface area contributed by atoms with Crippen molar-refractivity contribution in [1.82, 2.24) is 0 Å². The third-order valence-electron chi connectivity index (χ3n) is 11.5. The Hall–Kier alpha value is -3.15. The van der Waals surface area contributed by atoms with Crippen molar-refractivity contribution in [3.63, 3.8) is 0 Å². The van der Waals surface area contributed by atoms with Gasteiger partial charge in [-0.25, -0.2) is 0 Å². The number of esters is 3. The highest BCUT2D eigenvalue weighted by Gasteiger charge is 2.19. The number of unbranched alkanes of at least 4 members (excludes halogenated alkanes) is 25. The first-order valence-corrected chi connectivity index (χ1v) is 26.9. The molecule has 0 aromatic rings. The first-order valence-electron chi connectivity index (χ1n) is 26.9. The SMILES string of the molecule is CC/C=C\C/C=C\C/C=C\C/C=C\C/C=C\C/C=C\CCCCCCCCC(=O)OCC(COC(=O)CCCCCCCCCCC)OC(=O)CCCCCCCCCCCCCC. The average molecular weight is 893 g/mol. The Balaban J connectivity index is 4.26. The smallest absolute Gasteiger partial charge is 0.306 e. The number of carbonyl (C=O) groups is 3. The maximum Gasteiger partial charge on any atom is 0.306 e. The highest BCUT2D eigenvalue weighted by molar-refractivity contribution is 5.71. The molecule has 0 rings (SSSR count). The predicted molar refractivity (Wildman–Crippen MR) is 274 cm³/mol. The van der Waals surface area contributed by atoms with Gasteiger partial charge in [-0.05, 0) is 70.6 Å². The van der Waals surface area contributed by atoms with E-state index in [4.69, 9.17) is 14.2 Å². The van der Waals surface area contributed by atoms with Crippen LogP contribution in [0.2, 0.25) is 0 Å². The van der Waals surface area contributed by atoms with Gasteiger partial charge in [-0.3, -0.25) is 14.4 Å². The van der Waals surface area contributed by atoms with E-state index in [9.17, 15) is 14.4 Å². The molecular weight excluding hydrogens is 793 g/mol. The molecule has 0 heterocycles. The van der Waals surface area contributed by atoms with Crippen molar-refractivity contribution < 1.29 is 28.6 Å². The largest absolute Gasteiger partial charge is 0.462 e. The van der Waals surface area contributed by atoms with Gasteiger partial charge in [-0.15, -0.1) is 0 Å². The topological polar surface area (TPSA) is 78.9 Å². The molecule has 0 amide bonds. The van der Waals surface area contributed by atoms with Crippen molar-refractivity contribution in [2.75, 3.05) is 13.2 Å². The molecule has 368 valence electrons. The molecule has 0 fully saturated rings. The van der Waals surface area contributed by atoms with Crippen LogP contribution in [0.15, 0.2) is 72.9 Å². The van der Waals surface area contributed by atoms with E-state index in [0.29, 0.717) is 19.3 Å². The lowest BCUT2D eigenvalue weighted by Gasteiger charge is -2.18. The fraction of sp³-hybridized carbons (Fsp3) is 0.741. The molecule has 0 aromatic carbocycles. The molecule has 0 spiro atoms. The third kappa shape index (κ3) is 49.9. The number of hydrogen-bond acceptors (Lipinski definition) is 6. The Morgan fingerprint density at radius 1 is 0.328 bits per heavy atom. The average Bonchev–Trinajstić information content (AvgIpc) is 3.29. The summed E-state index contributed by atoms with van der Waals surface area (Å²) >= 11 is 0. The molecule has 1 atom stereocenters. The summed E-state index contributed by atoms with van der Waals surface area (Å²) in [6.07, 6.45) is 66.1. The first-order chi connectivity index (χ1) is 31.5. The minimum Gasteiger partial charge on any atom is -0.462 e. The van der Waals surface area contributed by atoms with Gasteiger partial charge >= 0.3 is 17.9 Å². The molecule has 1 unspecified atom stereocenters.